The van der Waals surface area contributed by atoms with Crippen molar-refractivity contribution in [3.63, 3.8) is 0 Å². The molecule has 5 nitrogen and oxygen atoms in total. The number of nitrogens with one attached hydrogen (secondary N) is 2. The van der Waals surface area contributed by atoms with Crippen molar-refractivity contribution in [2.24, 2.45) is 0 Å². The SMILES string of the molecule is CCCCCCCCNC(=O)NCC(=O)[O-].[Na+]. The first-order valence-corrected chi connectivity index (χ1v) is 5.88. The van der Waals surface area contributed by atoms with E-state index in [9.17, 15) is 14.7 Å². The summed E-state index contributed by atoms with van der Waals surface area (Å²) in [6.07, 6.45) is 6.95. The smallest absolute Gasteiger partial charge is 0.548 e. The van der Waals surface area contributed by atoms with Crippen LogP contribution in [0.4, 0.5) is 4.79 Å². The third kappa shape index (κ3) is 15.7. The van der Waals surface area contributed by atoms with Crippen LogP contribution in [-0.4, -0.2) is 25.1 Å². The second kappa shape index (κ2) is 13.8. The fourth-order valence-electron chi connectivity index (χ4n) is 1.32. The van der Waals surface area contributed by atoms with Crippen molar-refractivity contribution in [2.75, 3.05) is 13.1 Å². The molecular formula is C11H21N2NaO3. The minimum atomic E-state index is -1.28. The molecule has 0 radical (unpaired) electrons. The zero-order valence-electron chi connectivity index (χ0n) is 10.9. The number of carbonyl (C=O) groups is 2. The summed E-state index contributed by atoms with van der Waals surface area (Å²) in [5.41, 5.74) is 0. The third-order valence-corrected chi connectivity index (χ3v) is 2.21. The molecule has 0 aromatic heterocycles. The van der Waals surface area contributed by atoms with Crippen LogP contribution in [0.5, 0.6) is 0 Å². The van der Waals surface area contributed by atoms with Gasteiger partial charge >= 0.3 is 35.6 Å². The Morgan fingerprint density at radius 1 is 1.00 bits per heavy atom. The third-order valence-electron chi connectivity index (χ3n) is 2.21. The monoisotopic (exact) mass is 252 g/mol. The maximum atomic E-state index is 11.0. The van der Waals surface area contributed by atoms with Crippen molar-refractivity contribution in [3.8, 4) is 0 Å². The predicted octanol–water partition coefficient (Wildman–Crippen LogP) is -2.60. The maximum Gasteiger partial charge on any atom is 1.00 e. The number of rotatable bonds is 9. The van der Waals surface area contributed by atoms with Crippen LogP contribution in [0, 0.1) is 0 Å². The van der Waals surface area contributed by atoms with Crippen LogP contribution in [0.3, 0.4) is 0 Å². The molecule has 0 unspecified atom stereocenters. The first kappa shape index (κ1) is 19.1. The molecule has 0 bridgehead atoms. The zero-order chi connectivity index (χ0) is 12.2. The molecule has 6 heteroatoms. The molecule has 0 atom stereocenters. The van der Waals surface area contributed by atoms with Crippen molar-refractivity contribution < 1.29 is 44.3 Å². The van der Waals surface area contributed by atoms with Crippen LogP contribution in [0.15, 0.2) is 0 Å². The van der Waals surface area contributed by atoms with E-state index in [4.69, 9.17) is 0 Å². The van der Waals surface area contributed by atoms with E-state index in [1.807, 2.05) is 0 Å². The number of hydrogen-bond donors (Lipinski definition) is 2. The quantitative estimate of drug-likeness (QED) is 0.349. The summed E-state index contributed by atoms with van der Waals surface area (Å²) in [5, 5.41) is 14.8. The van der Waals surface area contributed by atoms with Gasteiger partial charge in [-0.15, -0.1) is 0 Å². The van der Waals surface area contributed by atoms with E-state index in [0.29, 0.717) is 6.54 Å². The van der Waals surface area contributed by atoms with E-state index in [2.05, 4.69) is 17.6 Å². The normalized spacial score (nSPS) is 9.24. The molecule has 0 saturated carbocycles. The van der Waals surface area contributed by atoms with Crippen molar-refractivity contribution in [1.82, 2.24) is 10.6 Å². The molecule has 0 spiro atoms. The molecule has 0 aliphatic rings. The molecule has 0 rings (SSSR count). The van der Waals surface area contributed by atoms with E-state index in [1.54, 1.807) is 0 Å². The van der Waals surface area contributed by atoms with Gasteiger partial charge in [-0.2, -0.15) is 0 Å². The van der Waals surface area contributed by atoms with Gasteiger partial charge in [0.05, 0.1) is 12.5 Å². The van der Waals surface area contributed by atoms with Crippen molar-refractivity contribution in [2.45, 2.75) is 45.4 Å². The van der Waals surface area contributed by atoms with Gasteiger partial charge in [-0.1, -0.05) is 39.0 Å². The molecule has 17 heavy (non-hydrogen) atoms. The Bertz CT molecular complexity index is 213. The summed E-state index contributed by atoms with van der Waals surface area (Å²) in [6, 6.07) is -0.447. The van der Waals surface area contributed by atoms with E-state index < -0.39 is 18.5 Å². The largest absolute Gasteiger partial charge is 1.00 e. The first-order chi connectivity index (χ1) is 7.66. The summed E-state index contributed by atoms with van der Waals surface area (Å²) in [6.45, 7) is 2.32. The van der Waals surface area contributed by atoms with E-state index >= 15 is 0 Å². The Kier molecular flexibility index (Phi) is 15.5. The fourth-order valence-corrected chi connectivity index (χ4v) is 1.32. The first-order valence-electron chi connectivity index (χ1n) is 5.88. The van der Waals surface area contributed by atoms with Crippen molar-refractivity contribution >= 4 is 12.0 Å². The summed E-state index contributed by atoms with van der Waals surface area (Å²) in [7, 11) is 0. The summed E-state index contributed by atoms with van der Waals surface area (Å²) >= 11 is 0. The number of carboxylic acids is 1. The van der Waals surface area contributed by atoms with Crippen LogP contribution in [0.1, 0.15) is 45.4 Å². The molecule has 0 aliphatic carbocycles. The predicted molar refractivity (Wildman–Crippen MR) is 59.8 cm³/mol. The summed E-state index contributed by atoms with van der Waals surface area (Å²) < 4.78 is 0. The van der Waals surface area contributed by atoms with Gasteiger partial charge in [-0.25, -0.2) is 4.79 Å². The Balaban J connectivity index is 0. The molecule has 0 fully saturated rings. The van der Waals surface area contributed by atoms with Gasteiger partial charge in [0.15, 0.2) is 0 Å². The number of unbranched alkanes of at least 4 members (excludes halogenated alkanes) is 5. The average Bonchev–Trinajstić information content (AvgIpc) is 2.25. The molecule has 0 heterocycles. The fraction of sp³-hybridized carbons (Fsp3) is 0.818. The topological polar surface area (TPSA) is 81.3 Å². The van der Waals surface area contributed by atoms with Gasteiger partial charge in [-0.3, -0.25) is 0 Å². The zero-order valence-corrected chi connectivity index (χ0v) is 12.9. The van der Waals surface area contributed by atoms with Crippen LogP contribution in [-0.2, 0) is 4.79 Å². The Hall–Kier alpha value is -0.260. The second-order valence-corrected chi connectivity index (χ2v) is 3.75. The Morgan fingerprint density at radius 2 is 1.59 bits per heavy atom. The summed E-state index contributed by atoms with van der Waals surface area (Å²) in [5.74, 6) is -1.28. The number of carboxylic acid groups (broad SMARTS) is 1. The Labute approximate surface area is 125 Å². The number of aliphatic carboxylic acids is 1. The standard InChI is InChI=1S/C11H22N2O3.Na/c1-2-3-4-5-6-7-8-12-11(16)13-9-10(14)15;/h2-9H2,1H3,(H,14,15)(H2,12,13,16);/q;+1/p-1. The number of urea groups is 1. The number of hydrogen-bond acceptors (Lipinski definition) is 3. The summed E-state index contributed by atoms with van der Waals surface area (Å²) in [4.78, 5) is 21.0. The van der Waals surface area contributed by atoms with Crippen molar-refractivity contribution in [1.29, 1.82) is 0 Å². The van der Waals surface area contributed by atoms with Crippen LogP contribution in [0.2, 0.25) is 0 Å². The number of amides is 2. The van der Waals surface area contributed by atoms with Crippen LogP contribution < -0.4 is 45.3 Å². The molecule has 0 aliphatic heterocycles. The minimum absolute atomic E-state index is 0. The molecule has 0 aromatic carbocycles. The average molecular weight is 252 g/mol. The molecule has 0 saturated heterocycles. The van der Waals surface area contributed by atoms with Gasteiger partial charge in [0.2, 0.25) is 0 Å². The van der Waals surface area contributed by atoms with E-state index in [0.717, 1.165) is 12.8 Å². The van der Waals surface area contributed by atoms with E-state index in [1.165, 1.54) is 25.7 Å². The van der Waals surface area contributed by atoms with Gasteiger partial charge in [0.1, 0.15) is 0 Å². The maximum absolute atomic E-state index is 11.0. The molecule has 2 amide bonds. The molecular weight excluding hydrogens is 231 g/mol. The number of carbonyl (C=O) groups excluding carboxylic acids is 2. The van der Waals surface area contributed by atoms with Crippen molar-refractivity contribution in [3.05, 3.63) is 0 Å². The van der Waals surface area contributed by atoms with Gasteiger partial charge in [-0.05, 0) is 6.42 Å². The minimum Gasteiger partial charge on any atom is -0.548 e. The van der Waals surface area contributed by atoms with Gasteiger partial charge < -0.3 is 20.5 Å². The van der Waals surface area contributed by atoms with Crippen LogP contribution >= 0.6 is 0 Å². The van der Waals surface area contributed by atoms with Gasteiger partial charge in [0, 0.05) is 6.54 Å². The van der Waals surface area contributed by atoms with Crippen LogP contribution in [0.25, 0.3) is 0 Å². The van der Waals surface area contributed by atoms with Gasteiger partial charge in [0.25, 0.3) is 0 Å². The molecule has 0 aromatic rings. The molecule has 94 valence electrons. The van der Waals surface area contributed by atoms with E-state index in [-0.39, 0.29) is 29.6 Å². The second-order valence-electron chi connectivity index (χ2n) is 3.75. The Morgan fingerprint density at radius 3 is 2.18 bits per heavy atom. The molecule has 2 N–H and O–H groups in total.